The second-order valence-corrected chi connectivity index (χ2v) is 5.60. The van der Waals surface area contributed by atoms with Gasteiger partial charge in [-0.3, -0.25) is 14.4 Å². The van der Waals surface area contributed by atoms with Gasteiger partial charge in [-0.1, -0.05) is 0 Å². The first-order valence-electron chi connectivity index (χ1n) is 7.00. The van der Waals surface area contributed by atoms with Crippen LogP contribution in [-0.4, -0.2) is 59.7 Å². The lowest BCUT2D eigenvalue weighted by atomic mass is 10.1. The average molecular weight is 265 g/mol. The predicted molar refractivity (Wildman–Crippen MR) is 67.0 cm³/mol. The fourth-order valence-electron chi connectivity index (χ4n) is 2.88. The first-order valence-corrected chi connectivity index (χ1v) is 7.00. The molecular formula is C13H19N3O3. The Labute approximate surface area is 112 Å². The Balaban J connectivity index is 1.60. The third-order valence-corrected chi connectivity index (χ3v) is 4.12. The van der Waals surface area contributed by atoms with Crippen LogP contribution in [0.4, 0.5) is 0 Å². The Morgan fingerprint density at radius 3 is 2.74 bits per heavy atom. The maximum absolute atomic E-state index is 12.4. The largest absolute Gasteiger partial charge is 0.354 e. The fourth-order valence-corrected chi connectivity index (χ4v) is 2.88. The molecule has 1 unspecified atom stereocenters. The minimum atomic E-state index is -0.207. The first kappa shape index (κ1) is 12.4. The quantitative estimate of drug-likeness (QED) is 0.721. The van der Waals surface area contributed by atoms with Crippen LogP contribution in [0.25, 0.3) is 0 Å². The van der Waals surface area contributed by atoms with Gasteiger partial charge in [0.1, 0.15) is 0 Å². The van der Waals surface area contributed by atoms with Gasteiger partial charge in [0.15, 0.2) is 0 Å². The average Bonchev–Trinajstić information content (AvgIpc) is 3.17. The lowest BCUT2D eigenvalue weighted by Crippen LogP contribution is -2.39. The zero-order valence-corrected chi connectivity index (χ0v) is 10.9. The number of likely N-dealkylation sites (tertiary alicyclic amines) is 1. The molecule has 3 aliphatic rings. The molecule has 1 N–H and O–H groups in total. The summed E-state index contributed by atoms with van der Waals surface area (Å²) in [6, 6.07) is 0.387. The highest BCUT2D eigenvalue weighted by Gasteiger charge is 2.42. The van der Waals surface area contributed by atoms with E-state index in [1.54, 1.807) is 4.90 Å². The van der Waals surface area contributed by atoms with Crippen molar-refractivity contribution in [3.8, 4) is 0 Å². The van der Waals surface area contributed by atoms with Crippen molar-refractivity contribution in [2.24, 2.45) is 5.92 Å². The van der Waals surface area contributed by atoms with Crippen LogP contribution in [-0.2, 0) is 14.4 Å². The topological polar surface area (TPSA) is 69.7 Å². The van der Waals surface area contributed by atoms with E-state index >= 15 is 0 Å². The van der Waals surface area contributed by atoms with Crippen molar-refractivity contribution in [3.63, 3.8) is 0 Å². The van der Waals surface area contributed by atoms with Gasteiger partial charge < -0.3 is 15.1 Å². The minimum Gasteiger partial charge on any atom is -0.354 e. The number of nitrogens with one attached hydrogen (secondary N) is 1. The Morgan fingerprint density at radius 2 is 2.00 bits per heavy atom. The third kappa shape index (κ3) is 2.57. The molecule has 3 amide bonds. The number of carbonyl (C=O) groups is 3. The number of hydrogen-bond acceptors (Lipinski definition) is 3. The Bertz CT molecular complexity index is 419. The molecule has 1 aliphatic carbocycles. The lowest BCUT2D eigenvalue weighted by molar-refractivity contribution is -0.135. The molecule has 104 valence electrons. The highest BCUT2D eigenvalue weighted by molar-refractivity contribution is 5.90. The van der Waals surface area contributed by atoms with Crippen molar-refractivity contribution in [3.05, 3.63) is 0 Å². The van der Waals surface area contributed by atoms with Crippen molar-refractivity contribution < 1.29 is 14.4 Å². The van der Waals surface area contributed by atoms with Crippen LogP contribution in [0.1, 0.15) is 25.7 Å². The van der Waals surface area contributed by atoms with E-state index in [4.69, 9.17) is 0 Å². The van der Waals surface area contributed by atoms with E-state index in [-0.39, 0.29) is 23.6 Å². The van der Waals surface area contributed by atoms with Gasteiger partial charge in [0, 0.05) is 45.1 Å². The number of carbonyl (C=O) groups excluding carboxylic acids is 3. The molecule has 0 radical (unpaired) electrons. The maximum atomic E-state index is 12.4. The molecule has 0 aromatic rings. The number of hydrogen-bond donors (Lipinski definition) is 1. The molecule has 1 atom stereocenters. The zero-order chi connectivity index (χ0) is 13.4. The second kappa shape index (κ2) is 4.83. The van der Waals surface area contributed by atoms with E-state index in [9.17, 15) is 14.4 Å². The fraction of sp³-hybridized carbons (Fsp3) is 0.769. The van der Waals surface area contributed by atoms with Crippen molar-refractivity contribution in [2.45, 2.75) is 31.7 Å². The highest BCUT2D eigenvalue weighted by Crippen LogP contribution is 2.33. The predicted octanol–water partition coefficient (Wildman–Crippen LogP) is -0.654. The van der Waals surface area contributed by atoms with Crippen LogP contribution in [0, 0.1) is 5.92 Å². The molecule has 0 aromatic carbocycles. The van der Waals surface area contributed by atoms with Gasteiger partial charge in [-0.15, -0.1) is 0 Å². The molecule has 2 saturated heterocycles. The molecule has 2 heterocycles. The summed E-state index contributed by atoms with van der Waals surface area (Å²) in [4.78, 5) is 39.1. The molecule has 19 heavy (non-hydrogen) atoms. The Hall–Kier alpha value is -1.59. The summed E-state index contributed by atoms with van der Waals surface area (Å²) in [5.74, 6) is -0.0587. The SMILES string of the molecule is O=C1CCN(C(=O)C2CC(=O)N(C3CC3)C2)CCN1. The summed E-state index contributed by atoms with van der Waals surface area (Å²) in [6.45, 7) is 2.11. The van der Waals surface area contributed by atoms with Crippen LogP contribution >= 0.6 is 0 Å². The zero-order valence-electron chi connectivity index (χ0n) is 10.9. The normalized spacial score (nSPS) is 28.3. The van der Waals surface area contributed by atoms with E-state index in [0.29, 0.717) is 45.1 Å². The summed E-state index contributed by atoms with van der Waals surface area (Å²) in [6.07, 6.45) is 2.86. The van der Waals surface area contributed by atoms with E-state index in [1.807, 2.05) is 4.90 Å². The molecule has 0 spiro atoms. The van der Waals surface area contributed by atoms with Gasteiger partial charge in [0.2, 0.25) is 17.7 Å². The summed E-state index contributed by atoms with van der Waals surface area (Å²) in [7, 11) is 0. The summed E-state index contributed by atoms with van der Waals surface area (Å²) in [5, 5.41) is 2.76. The van der Waals surface area contributed by atoms with Gasteiger partial charge in [0.05, 0.1) is 5.92 Å². The summed E-state index contributed by atoms with van der Waals surface area (Å²) in [5.41, 5.74) is 0. The molecular weight excluding hydrogens is 246 g/mol. The van der Waals surface area contributed by atoms with Gasteiger partial charge >= 0.3 is 0 Å². The monoisotopic (exact) mass is 265 g/mol. The van der Waals surface area contributed by atoms with Crippen LogP contribution in [0.15, 0.2) is 0 Å². The van der Waals surface area contributed by atoms with E-state index in [1.165, 1.54) is 0 Å². The molecule has 1 saturated carbocycles. The summed E-state index contributed by atoms with van der Waals surface area (Å²) < 4.78 is 0. The molecule has 0 aromatic heterocycles. The Morgan fingerprint density at radius 1 is 1.21 bits per heavy atom. The minimum absolute atomic E-state index is 0.00240. The molecule has 3 rings (SSSR count). The third-order valence-electron chi connectivity index (χ3n) is 4.12. The second-order valence-electron chi connectivity index (χ2n) is 5.60. The molecule has 2 aliphatic heterocycles. The van der Waals surface area contributed by atoms with Crippen molar-refractivity contribution in [2.75, 3.05) is 26.2 Å². The van der Waals surface area contributed by atoms with Gasteiger partial charge in [-0.25, -0.2) is 0 Å². The van der Waals surface area contributed by atoms with Crippen LogP contribution in [0.5, 0.6) is 0 Å². The van der Waals surface area contributed by atoms with Crippen LogP contribution in [0.2, 0.25) is 0 Å². The molecule has 0 bridgehead atoms. The van der Waals surface area contributed by atoms with E-state index in [0.717, 1.165) is 12.8 Å². The van der Waals surface area contributed by atoms with Gasteiger partial charge in [-0.2, -0.15) is 0 Å². The molecule has 3 fully saturated rings. The number of nitrogens with zero attached hydrogens (tertiary/aromatic N) is 2. The number of amides is 3. The van der Waals surface area contributed by atoms with E-state index < -0.39 is 0 Å². The van der Waals surface area contributed by atoms with Gasteiger partial charge in [-0.05, 0) is 12.8 Å². The Kier molecular flexibility index (Phi) is 3.16. The van der Waals surface area contributed by atoms with Crippen molar-refractivity contribution in [1.29, 1.82) is 0 Å². The van der Waals surface area contributed by atoms with Crippen LogP contribution < -0.4 is 5.32 Å². The van der Waals surface area contributed by atoms with Crippen molar-refractivity contribution >= 4 is 17.7 Å². The number of rotatable bonds is 2. The maximum Gasteiger partial charge on any atom is 0.228 e. The van der Waals surface area contributed by atoms with E-state index in [2.05, 4.69) is 5.32 Å². The molecule has 6 heteroatoms. The molecule has 6 nitrogen and oxygen atoms in total. The highest BCUT2D eigenvalue weighted by atomic mass is 16.2. The summed E-state index contributed by atoms with van der Waals surface area (Å²) >= 11 is 0. The van der Waals surface area contributed by atoms with Crippen molar-refractivity contribution in [1.82, 2.24) is 15.1 Å². The van der Waals surface area contributed by atoms with Crippen LogP contribution in [0.3, 0.4) is 0 Å². The first-order chi connectivity index (χ1) is 9.15. The van der Waals surface area contributed by atoms with Gasteiger partial charge in [0.25, 0.3) is 0 Å². The standard InChI is InChI=1S/C13H19N3O3/c17-11-3-5-15(6-4-14-11)13(19)9-7-12(18)16(8-9)10-1-2-10/h9-10H,1-8H2,(H,14,17). The smallest absolute Gasteiger partial charge is 0.228 e. The lowest BCUT2D eigenvalue weighted by Gasteiger charge is -2.23.